The van der Waals surface area contributed by atoms with Crippen LogP contribution in [0.2, 0.25) is 0 Å². The van der Waals surface area contributed by atoms with Gasteiger partial charge in [0.15, 0.2) is 0 Å². The first-order valence-corrected chi connectivity index (χ1v) is 4.30. The van der Waals surface area contributed by atoms with E-state index in [0.29, 0.717) is 6.42 Å². The lowest BCUT2D eigenvalue weighted by atomic mass is 9.99. The summed E-state index contributed by atoms with van der Waals surface area (Å²) in [4.78, 5) is 10.4. The molecule has 0 aromatic rings. The summed E-state index contributed by atoms with van der Waals surface area (Å²) in [7, 11) is 0. The minimum absolute atomic E-state index is 0.183. The summed E-state index contributed by atoms with van der Waals surface area (Å²) in [6.45, 7) is 1.43. The summed E-state index contributed by atoms with van der Waals surface area (Å²) in [6.07, 6.45) is 0.291. The van der Waals surface area contributed by atoms with Crippen molar-refractivity contribution in [1.82, 2.24) is 10.6 Å². The molecule has 1 saturated heterocycles. The molecule has 1 aliphatic rings. The highest BCUT2D eigenvalue weighted by Crippen LogP contribution is 2.06. The predicted octanol–water partition coefficient (Wildman–Crippen LogP) is -2.16. The summed E-state index contributed by atoms with van der Waals surface area (Å²) < 4.78 is 0. The maximum Gasteiger partial charge on any atom is 0.320 e. The van der Waals surface area contributed by atoms with Crippen molar-refractivity contribution in [3.05, 3.63) is 0 Å². The van der Waals surface area contributed by atoms with E-state index >= 15 is 0 Å². The van der Waals surface area contributed by atoms with Gasteiger partial charge in [-0.3, -0.25) is 15.4 Å². The maximum atomic E-state index is 10.4. The number of nitrogens with one attached hydrogen (secondary N) is 2. The average molecular weight is 188 g/mol. The highest BCUT2D eigenvalue weighted by molar-refractivity contribution is 5.73. The van der Waals surface area contributed by atoms with Crippen LogP contribution in [0.1, 0.15) is 6.42 Å². The van der Waals surface area contributed by atoms with E-state index in [0.717, 1.165) is 13.1 Å². The molecule has 0 aromatic heterocycles. The first-order chi connectivity index (χ1) is 6.09. The van der Waals surface area contributed by atoms with E-state index in [1.807, 2.05) is 0 Å². The second-order valence-corrected chi connectivity index (χ2v) is 3.34. The number of carboxylic acids is 1. The van der Waals surface area contributed by atoms with Gasteiger partial charge in [-0.2, -0.15) is 0 Å². The summed E-state index contributed by atoms with van der Waals surface area (Å²) in [5, 5.41) is 14.6. The van der Waals surface area contributed by atoms with Gasteiger partial charge in [-0.1, -0.05) is 0 Å². The van der Waals surface area contributed by atoms with Gasteiger partial charge in [-0.15, -0.1) is 0 Å². The van der Waals surface area contributed by atoms with Gasteiger partial charge in [-0.25, -0.2) is 0 Å². The molecular formula is C7H16N4O2. The Bertz CT molecular complexity index is 179. The molecule has 7 N–H and O–H groups in total. The quantitative estimate of drug-likeness (QED) is 0.345. The maximum absolute atomic E-state index is 10.4. The largest absolute Gasteiger partial charge is 0.480 e. The van der Waals surface area contributed by atoms with Crippen LogP contribution in [0.5, 0.6) is 0 Å². The smallest absolute Gasteiger partial charge is 0.320 e. The molecule has 0 bridgehead atoms. The second kappa shape index (κ2) is 4.52. The highest BCUT2D eigenvalue weighted by atomic mass is 16.4. The fraction of sp³-hybridized carbons (Fsp3) is 0.857. The molecular weight excluding hydrogens is 172 g/mol. The van der Waals surface area contributed by atoms with E-state index in [-0.39, 0.29) is 12.2 Å². The third kappa shape index (κ3) is 3.27. The van der Waals surface area contributed by atoms with Crippen molar-refractivity contribution in [2.24, 2.45) is 17.4 Å². The van der Waals surface area contributed by atoms with Crippen molar-refractivity contribution < 1.29 is 9.90 Å². The molecule has 1 heterocycles. The molecule has 6 heteroatoms. The Balaban J connectivity index is 2.26. The number of hydrogen-bond donors (Lipinski definition) is 5. The van der Waals surface area contributed by atoms with Crippen molar-refractivity contribution in [3.63, 3.8) is 0 Å². The van der Waals surface area contributed by atoms with Gasteiger partial charge >= 0.3 is 5.97 Å². The zero-order chi connectivity index (χ0) is 9.84. The van der Waals surface area contributed by atoms with Crippen molar-refractivity contribution in [1.29, 1.82) is 0 Å². The third-order valence-corrected chi connectivity index (χ3v) is 2.16. The van der Waals surface area contributed by atoms with Crippen LogP contribution in [0.3, 0.4) is 0 Å². The van der Waals surface area contributed by atoms with Crippen LogP contribution in [0.15, 0.2) is 0 Å². The molecule has 13 heavy (non-hydrogen) atoms. The van der Waals surface area contributed by atoms with E-state index in [9.17, 15) is 4.79 Å². The van der Waals surface area contributed by atoms with Crippen LogP contribution in [0.4, 0.5) is 0 Å². The first-order valence-electron chi connectivity index (χ1n) is 4.30. The molecule has 0 aromatic carbocycles. The molecule has 6 nitrogen and oxygen atoms in total. The SMILES string of the molecule is NC1NCC(CC(N)C(=O)O)CN1. The summed E-state index contributed by atoms with van der Waals surface area (Å²) >= 11 is 0. The Hall–Kier alpha value is -0.690. The Morgan fingerprint density at radius 3 is 2.54 bits per heavy atom. The monoisotopic (exact) mass is 188 g/mol. The van der Waals surface area contributed by atoms with Crippen molar-refractivity contribution >= 4 is 5.97 Å². The zero-order valence-electron chi connectivity index (χ0n) is 7.36. The van der Waals surface area contributed by atoms with Crippen molar-refractivity contribution in [2.75, 3.05) is 13.1 Å². The molecule has 1 fully saturated rings. The molecule has 1 unspecified atom stereocenters. The first kappa shape index (κ1) is 10.4. The number of rotatable bonds is 3. The Morgan fingerprint density at radius 1 is 1.54 bits per heavy atom. The Morgan fingerprint density at radius 2 is 2.08 bits per heavy atom. The fourth-order valence-corrected chi connectivity index (χ4v) is 1.36. The van der Waals surface area contributed by atoms with Crippen LogP contribution < -0.4 is 22.1 Å². The van der Waals surface area contributed by atoms with E-state index < -0.39 is 12.0 Å². The molecule has 1 rings (SSSR count). The van der Waals surface area contributed by atoms with Crippen LogP contribution in [0, 0.1) is 5.92 Å². The van der Waals surface area contributed by atoms with Gasteiger partial charge in [-0.05, 0) is 12.3 Å². The van der Waals surface area contributed by atoms with Gasteiger partial charge in [0, 0.05) is 13.1 Å². The molecule has 0 amide bonds. The molecule has 1 atom stereocenters. The second-order valence-electron chi connectivity index (χ2n) is 3.34. The van der Waals surface area contributed by atoms with Gasteiger partial charge < -0.3 is 16.6 Å². The Kier molecular flexibility index (Phi) is 3.61. The lowest BCUT2D eigenvalue weighted by Crippen LogP contribution is -2.58. The normalized spacial score (nSPS) is 31.2. The number of carboxylic acid groups (broad SMARTS) is 1. The standard InChI is InChI=1S/C7H16N4O2/c8-5(6(12)13)1-4-2-10-7(9)11-3-4/h4-5,7,10-11H,1-3,8-9H2,(H,12,13). The number of carbonyl (C=O) groups is 1. The molecule has 0 spiro atoms. The summed E-state index contributed by atoms with van der Waals surface area (Å²) in [5.74, 6) is -0.708. The molecule has 0 saturated carbocycles. The fourth-order valence-electron chi connectivity index (χ4n) is 1.36. The summed E-state index contributed by atoms with van der Waals surface area (Å²) in [6, 6.07) is -0.775. The Labute approximate surface area is 76.7 Å². The predicted molar refractivity (Wildman–Crippen MR) is 47.7 cm³/mol. The topological polar surface area (TPSA) is 113 Å². The minimum atomic E-state index is -0.949. The molecule has 1 aliphatic heterocycles. The van der Waals surface area contributed by atoms with Gasteiger partial charge in [0.25, 0.3) is 0 Å². The zero-order valence-corrected chi connectivity index (χ0v) is 7.36. The lowest BCUT2D eigenvalue weighted by Gasteiger charge is -2.29. The highest BCUT2D eigenvalue weighted by Gasteiger charge is 2.22. The third-order valence-electron chi connectivity index (χ3n) is 2.16. The summed E-state index contributed by atoms with van der Waals surface area (Å²) in [5.41, 5.74) is 10.9. The van der Waals surface area contributed by atoms with Gasteiger partial charge in [0.05, 0.1) is 0 Å². The van der Waals surface area contributed by atoms with E-state index in [2.05, 4.69) is 10.6 Å². The van der Waals surface area contributed by atoms with Crippen LogP contribution in [-0.4, -0.2) is 36.5 Å². The van der Waals surface area contributed by atoms with E-state index in [1.165, 1.54) is 0 Å². The van der Waals surface area contributed by atoms with Gasteiger partial charge in [0.2, 0.25) is 0 Å². The molecule has 0 radical (unpaired) electrons. The van der Waals surface area contributed by atoms with Crippen molar-refractivity contribution in [3.8, 4) is 0 Å². The molecule has 76 valence electrons. The lowest BCUT2D eigenvalue weighted by molar-refractivity contribution is -0.138. The number of hydrogen-bond acceptors (Lipinski definition) is 5. The average Bonchev–Trinajstić information content (AvgIpc) is 2.08. The number of aliphatic carboxylic acids is 1. The van der Waals surface area contributed by atoms with Crippen molar-refractivity contribution in [2.45, 2.75) is 18.8 Å². The van der Waals surface area contributed by atoms with Gasteiger partial charge in [0.1, 0.15) is 12.3 Å². The van der Waals surface area contributed by atoms with Crippen LogP contribution in [-0.2, 0) is 4.79 Å². The van der Waals surface area contributed by atoms with Crippen LogP contribution in [0.25, 0.3) is 0 Å². The number of nitrogens with two attached hydrogens (primary N) is 2. The minimum Gasteiger partial charge on any atom is -0.480 e. The van der Waals surface area contributed by atoms with Crippen LogP contribution >= 0.6 is 0 Å². The van der Waals surface area contributed by atoms with E-state index in [4.69, 9.17) is 16.6 Å². The molecule has 0 aliphatic carbocycles. The van der Waals surface area contributed by atoms with E-state index in [1.54, 1.807) is 0 Å².